The van der Waals surface area contributed by atoms with E-state index in [1.165, 1.54) is 25.0 Å². The second kappa shape index (κ2) is 7.23. The van der Waals surface area contributed by atoms with Gasteiger partial charge in [0.1, 0.15) is 5.82 Å². The van der Waals surface area contributed by atoms with Gasteiger partial charge in [-0.2, -0.15) is 0 Å². The van der Waals surface area contributed by atoms with Crippen molar-refractivity contribution in [3.05, 3.63) is 48.3 Å². The Morgan fingerprint density at radius 1 is 1.35 bits per heavy atom. The molecule has 0 aliphatic heterocycles. The molecular weight excluding hydrogens is 213 g/mol. The molecule has 0 heterocycles. The summed E-state index contributed by atoms with van der Waals surface area (Å²) in [6.45, 7) is 8.04. The highest BCUT2D eigenvalue weighted by atomic mass is 19.1. The van der Waals surface area contributed by atoms with E-state index in [2.05, 4.69) is 25.7 Å². The third-order valence-corrected chi connectivity index (χ3v) is 2.94. The zero-order valence-corrected chi connectivity index (χ0v) is 10.7. The number of nitrogens with one attached hydrogen (secondary N) is 1. The smallest absolute Gasteiger partial charge is 0.123 e. The van der Waals surface area contributed by atoms with Gasteiger partial charge in [0.2, 0.25) is 0 Å². The van der Waals surface area contributed by atoms with Gasteiger partial charge >= 0.3 is 0 Å². The molecule has 2 atom stereocenters. The fraction of sp³-hybridized carbons (Fsp3) is 0.467. The fourth-order valence-electron chi connectivity index (χ4n) is 1.83. The van der Waals surface area contributed by atoms with Crippen LogP contribution in [0.4, 0.5) is 4.39 Å². The van der Waals surface area contributed by atoms with Crippen molar-refractivity contribution >= 4 is 0 Å². The van der Waals surface area contributed by atoms with Crippen LogP contribution in [-0.2, 0) is 0 Å². The molecule has 2 unspecified atom stereocenters. The van der Waals surface area contributed by atoms with Crippen molar-refractivity contribution in [1.82, 2.24) is 5.32 Å². The van der Waals surface area contributed by atoms with Crippen molar-refractivity contribution in [3.63, 3.8) is 0 Å². The molecular formula is C15H22FN. The van der Waals surface area contributed by atoms with Crippen LogP contribution in [0.15, 0.2) is 36.9 Å². The molecule has 0 spiro atoms. The second-order valence-electron chi connectivity index (χ2n) is 4.44. The Kier molecular flexibility index (Phi) is 5.92. The highest BCUT2D eigenvalue weighted by Gasteiger charge is 2.12. The Balaban J connectivity index is 2.73. The molecule has 2 heteroatoms. The van der Waals surface area contributed by atoms with Crippen LogP contribution in [0.25, 0.3) is 0 Å². The highest BCUT2D eigenvalue weighted by molar-refractivity contribution is 5.20. The first-order chi connectivity index (χ1) is 8.17. The summed E-state index contributed by atoms with van der Waals surface area (Å²) in [6, 6.07) is 7.31. The lowest BCUT2D eigenvalue weighted by Crippen LogP contribution is -2.28. The van der Waals surface area contributed by atoms with Crippen LogP contribution in [0.3, 0.4) is 0 Å². The molecule has 0 fully saturated rings. The van der Waals surface area contributed by atoms with E-state index in [0.29, 0.717) is 0 Å². The average molecular weight is 235 g/mol. The molecule has 1 N–H and O–H groups in total. The summed E-state index contributed by atoms with van der Waals surface area (Å²) in [5.41, 5.74) is 1.15. The standard InChI is InChI=1S/C15H22FN/c1-4-6-7-15(17-12(3)5-2)13-8-10-14(16)11-9-13/h5,8-12,15,17H,2,4,6-7H2,1,3H3. The molecule has 0 aliphatic rings. The van der Waals surface area contributed by atoms with E-state index < -0.39 is 0 Å². The Morgan fingerprint density at radius 3 is 2.53 bits per heavy atom. The molecule has 94 valence electrons. The summed E-state index contributed by atoms with van der Waals surface area (Å²) in [6.07, 6.45) is 5.30. The molecule has 1 rings (SSSR count). The van der Waals surface area contributed by atoms with Crippen LogP contribution < -0.4 is 5.32 Å². The van der Waals surface area contributed by atoms with Gasteiger partial charge in [0, 0.05) is 12.1 Å². The monoisotopic (exact) mass is 235 g/mol. The van der Waals surface area contributed by atoms with Crippen molar-refractivity contribution in [2.24, 2.45) is 0 Å². The van der Waals surface area contributed by atoms with E-state index in [4.69, 9.17) is 0 Å². The Bertz CT molecular complexity index is 331. The van der Waals surface area contributed by atoms with Crippen LogP contribution in [-0.4, -0.2) is 6.04 Å². The van der Waals surface area contributed by atoms with Gasteiger partial charge in [0.15, 0.2) is 0 Å². The zero-order chi connectivity index (χ0) is 12.7. The highest BCUT2D eigenvalue weighted by Crippen LogP contribution is 2.20. The van der Waals surface area contributed by atoms with E-state index in [1.807, 2.05) is 18.2 Å². The predicted molar refractivity (Wildman–Crippen MR) is 71.5 cm³/mol. The first-order valence-corrected chi connectivity index (χ1v) is 6.31. The Labute approximate surface area is 104 Å². The zero-order valence-electron chi connectivity index (χ0n) is 10.7. The van der Waals surface area contributed by atoms with Crippen LogP contribution in [0, 0.1) is 5.82 Å². The summed E-state index contributed by atoms with van der Waals surface area (Å²) in [5, 5.41) is 3.50. The third-order valence-electron chi connectivity index (χ3n) is 2.94. The van der Waals surface area contributed by atoms with Gasteiger partial charge < -0.3 is 5.32 Å². The molecule has 1 nitrogen and oxygen atoms in total. The first kappa shape index (κ1) is 13.9. The van der Waals surface area contributed by atoms with E-state index in [-0.39, 0.29) is 17.9 Å². The Morgan fingerprint density at radius 2 is 2.00 bits per heavy atom. The van der Waals surface area contributed by atoms with Crippen molar-refractivity contribution in [2.75, 3.05) is 0 Å². The number of hydrogen-bond donors (Lipinski definition) is 1. The minimum absolute atomic E-state index is 0.181. The summed E-state index contributed by atoms with van der Waals surface area (Å²) >= 11 is 0. The molecule has 0 aromatic heterocycles. The lowest BCUT2D eigenvalue weighted by molar-refractivity contribution is 0.458. The second-order valence-corrected chi connectivity index (χ2v) is 4.44. The minimum Gasteiger partial charge on any atom is -0.304 e. The molecule has 1 aromatic rings. The molecule has 0 amide bonds. The van der Waals surface area contributed by atoms with E-state index in [9.17, 15) is 4.39 Å². The van der Waals surface area contributed by atoms with Gasteiger partial charge in [-0.3, -0.25) is 0 Å². The molecule has 0 saturated heterocycles. The molecule has 1 aromatic carbocycles. The van der Waals surface area contributed by atoms with Gasteiger partial charge in [-0.1, -0.05) is 38.0 Å². The van der Waals surface area contributed by atoms with Gasteiger partial charge in [0.25, 0.3) is 0 Å². The first-order valence-electron chi connectivity index (χ1n) is 6.31. The SMILES string of the molecule is C=CC(C)NC(CCCC)c1ccc(F)cc1. The van der Waals surface area contributed by atoms with Crippen molar-refractivity contribution < 1.29 is 4.39 Å². The average Bonchev–Trinajstić information content (AvgIpc) is 2.35. The Hall–Kier alpha value is -1.15. The van der Waals surface area contributed by atoms with Crippen LogP contribution in [0.2, 0.25) is 0 Å². The fourth-order valence-corrected chi connectivity index (χ4v) is 1.83. The number of unbranched alkanes of at least 4 members (excludes halogenated alkanes) is 1. The molecule has 0 radical (unpaired) electrons. The van der Waals surface area contributed by atoms with E-state index in [1.54, 1.807) is 0 Å². The summed E-state index contributed by atoms with van der Waals surface area (Å²) in [7, 11) is 0. The van der Waals surface area contributed by atoms with Crippen molar-refractivity contribution in [3.8, 4) is 0 Å². The number of hydrogen-bond acceptors (Lipinski definition) is 1. The van der Waals surface area contributed by atoms with Crippen LogP contribution in [0.1, 0.15) is 44.7 Å². The lowest BCUT2D eigenvalue weighted by atomic mass is 10.00. The third kappa shape index (κ3) is 4.70. The van der Waals surface area contributed by atoms with Gasteiger partial charge in [-0.05, 0) is 31.0 Å². The summed E-state index contributed by atoms with van der Waals surface area (Å²) in [4.78, 5) is 0. The topological polar surface area (TPSA) is 12.0 Å². The van der Waals surface area contributed by atoms with Crippen molar-refractivity contribution in [1.29, 1.82) is 0 Å². The number of rotatable bonds is 7. The minimum atomic E-state index is -0.181. The van der Waals surface area contributed by atoms with E-state index in [0.717, 1.165) is 12.0 Å². The summed E-state index contributed by atoms with van der Waals surface area (Å²) in [5.74, 6) is -0.181. The molecule has 17 heavy (non-hydrogen) atoms. The van der Waals surface area contributed by atoms with Crippen LogP contribution >= 0.6 is 0 Å². The maximum absolute atomic E-state index is 12.9. The van der Waals surface area contributed by atoms with Crippen LogP contribution in [0.5, 0.6) is 0 Å². The molecule has 0 aliphatic carbocycles. The largest absolute Gasteiger partial charge is 0.304 e. The van der Waals surface area contributed by atoms with E-state index >= 15 is 0 Å². The predicted octanol–water partition coefficient (Wildman–Crippen LogP) is 4.22. The van der Waals surface area contributed by atoms with Gasteiger partial charge in [-0.15, -0.1) is 6.58 Å². The quantitative estimate of drug-likeness (QED) is 0.698. The molecule has 0 saturated carbocycles. The van der Waals surface area contributed by atoms with Gasteiger partial charge in [0.05, 0.1) is 0 Å². The van der Waals surface area contributed by atoms with Gasteiger partial charge in [-0.25, -0.2) is 4.39 Å². The maximum atomic E-state index is 12.9. The lowest BCUT2D eigenvalue weighted by Gasteiger charge is -2.22. The summed E-state index contributed by atoms with van der Waals surface area (Å²) < 4.78 is 12.9. The normalized spacial score (nSPS) is 14.3. The number of benzene rings is 1. The van der Waals surface area contributed by atoms with Crippen molar-refractivity contribution in [2.45, 2.75) is 45.2 Å². The maximum Gasteiger partial charge on any atom is 0.123 e. The molecule has 0 bridgehead atoms. The number of halogens is 1.